The first kappa shape index (κ1) is 16.6. The Kier molecular flexibility index (Phi) is 4.59. The van der Waals surface area contributed by atoms with Crippen LogP contribution in [0.3, 0.4) is 0 Å². The van der Waals surface area contributed by atoms with Gasteiger partial charge in [0.25, 0.3) is 5.56 Å². The second kappa shape index (κ2) is 7.19. The Balaban J connectivity index is 1.63. The molecule has 0 bridgehead atoms. The third-order valence-corrected chi connectivity index (χ3v) is 4.28. The van der Waals surface area contributed by atoms with Crippen molar-refractivity contribution in [3.63, 3.8) is 0 Å². The van der Waals surface area contributed by atoms with Crippen molar-refractivity contribution in [2.45, 2.75) is 12.1 Å². The van der Waals surface area contributed by atoms with Crippen LogP contribution >= 0.6 is 11.6 Å². The first-order chi connectivity index (χ1) is 12.7. The summed E-state index contributed by atoms with van der Waals surface area (Å²) in [7, 11) is 0. The lowest BCUT2D eigenvalue weighted by atomic mass is 10.1. The maximum atomic E-state index is 12.4. The van der Waals surface area contributed by atoms with Crippen molar-refractivity contribution in [2.24, 2.45) is 0 Å². The van der Waals surface area contributed by atoms with E-state index < -0.39 is 0 Å². The molecular formula is C17H15ClN6O2. The SMILES string of the molecule is O=c1ccc(-c2cccnc2)nn1C1COCC1Nc1ncc(Cl)cn1. The highest BCUT2D eigenvalue weighted by atomic mass is 35.5. The quantitative estimate of drug-likeness (QED) is 0.748. The molecule has 0 aromatic carbocycles. The summed E-state index contributed by atoms with van der Waals surface area (Å²) in [5.74, 6) is 0.423. The molecule has 0 saturated carbocycles. The predicted octanol–water partition coefficient (Wildman–Crippen LogP) is 1.80. The number of hydrogen-bond acceptors (Lipinski definition) is 7. The van der Waals surface area contributed by atoms with E-state index in [1.807, 2.05) is 12.1 Å². The van der Waals surface area contributed by atoms with Crippen molar-refractivity contribution in [2.75, 3.05) is 18.5 Å². The Labute approximate surface area is 153 Å². The zero-order chi connectivity index (χ0) is 17.9. The van der Waals surface area contributed by atoms with E-state index in [4.69, 9.17) is 16.3 Å². The largest absolute Gasteiger partial charge is 0.377 e. The number of rotatable bonds is 4. The molecule has 1 saturated heterocycles. The van der Waals surface area contributed by atoms with Crippen LogP contribution in [0.4, 0.5) is 5.95 Å². The zero-order valence-corrected chi connectivity index (χ0v) is 14.4. The molecule has 26 heavy (non-hydrogen) atoms. The summed E-state index contributed by atoms with van der Waals surface area (Å²) < 4.78 is 7.01. The molecule has 4 rings (SSSR count). The monoisotopic (exact) mass is 370 g/mol. The first-order valence-corrected chi connectivity index (χ1v) is 8.40. The number of halogens is 1. The lowest BCUT2D eigenvalue weighted by Crippen LogP contribution is -2.37. The number of hydrogen-bond donors (Lipinski definition) is 1. The average Bonchev–Trinajstić information content (AvgIpc) is 3.13. The van der Waals surface area contributed by atoms with Crippen molar-refractivity contribution in [1.82, 2.24) is 24.7 Å². The van der Waals surface area contributed by atoms with Gasteiger partial charge < -0.3 is 10.1 Å². The van der Waals surface area contributed by atoms with E-state index in [0.29, 0.717) is 29.9 Å². The zero-order valence-electron chi connectivity index (χ0n) is 13.6. The summed E-state index contributed by atoms with van der Waals surface area (Å²) >= 11 is 5.81. The van der Waals surface area contributed by atoms with Gasteiger partial charge in [0.05, 0.1) is 42.4 Å². The fourth-order valence-electron chi connectivity index (χ4n) is 2.81. The molecule has 2 atom stereocenters. The van der Waals surface area contributed by atoms with E-state index in [9.17, 15) is 4.79 Å². The summed E-state index contributed by atoms with van der Waals surface area (Å²) in [5.41, 5.74) is 1.31. The van der Waals surface area contributed by atoms with Crippen LogP contribution in [0, 0.1) is 0 Å². The second-order valence-corrected chi connectivity index (χ2v) is 6.26. The Hall–Kier alpha value is -2.84. The van der Waals surface area contributed by atoms with Crippen molar-refractivity contribution in [3.05, 3.63) is 64.4 Å². The van der Waals surface area contributed by atoms with Crippen LogP contribution in [0.2, 0.25) is 5.02 Å². The van der Waals surface area contributed by atoms with Gasteiger partial charge in [-0.2, -0.15) is 5.10 Å². The van der Waals surface area contributed by atoms with E-state index >= 15 is 0 Å². The predicted molar refractivity (Wildman–Crippen MR) is 96.0 cm³/mol. The highest BCUT2D eigenvalue weighted by Crippen LogP contribution is 2.22. The Morgan fingerprint density at radius 3 is 2.77 bits per heavy atom. The standard InChI is InChI=1S/C17H15ClN6O2/c18-12-7-20-17(21-8-12)22-14-9-26-10-15(14)24-16(25)4-3-13(23-24)11-2-1-5-19-6-11/h1-8,14-15H,9-10H2,(H,20,21,22). The first-order valence-electron chi connectivity index (χ1n) is 8.03. The molecule has 3 aromatic rings. The number of pyridine rings is 1. The third kappa shape index (κ3) is 3.42. The lowest BCUT2D eigenvalue weighted by molar-refractivity contribution is 0.183. The molecule has 132 valence electrons. The molecule has 4 heterocycles. The van der Waals surface area contributed by atoms with Crippen molar-refractivity contribution in [1.29, 1.82) is 0 Å². The van der Waals surface area contributed by atoms with Crippen LogP contribution in [0.1, 0.15) is 6.04 Å². The minimum absolute atomic E-state index is 0.189. The lowest BCUT2D eigenvalue weighted by Gasteiger charge is -2.20. The van der Waals surface area contributed by atoms with E-state index in [2.05, 4.69) is 25.4 Å². The molecule has 2 unspecified atom stereocenters. The van der Waals surface area contributed by atoms with Gasteiger partial charge >= 0.3 is 0 Å². The van der Waals surface area contributed by atoms with Gasteiger partial charge in [-0.15, -0.1) is 0 Å². The summed E-state index contributed by atoms with van der Waals surface area (Å²) in [4.78, 5) is 24.7. The number of ether oxygens (including phenoxy) is 1. The molecule has 1 aliphatic heterocycles. The number of anilines is 1. The minimum Gasteiger partial charge on any atom is -0.377 e. The van der Waals surface area contributed by atoms with Crippen LogP contribution < -0.4 is 10.9 Å². The molecule has 1 N–H and O–H groups in total. The molecule has 1 aliphatic rings. The Bertz CT molecular complexity index is 947. The molecule has 9 heteroatoms. The maximum absolute atomic E-state index is 12.4. The number of aromatic nitrogens is 5. The molecule has 0 radical (unpaired) electrons. The molecule has 0 aliphatic carbocycles. The Morgan fingerprint density at radius 2 is 2.00 bits per heavy atom. The molecule has 8 nitrogen and oxygen atoms in total. The highest BCUT2D eigenvalue weighted by Gasteiger charge is 2.32. The molecule has 0 spiro atoms. The van der Waals surface area contributed by atoms with E-state index in [0.717, 1.165) is 5.56 Å². The van der Waals surface area contributed by atoms with Crippen molar-refractivity contribution in [3.8, 4) is 11.3 Å². The smallest absolute Gasteiger partial charge is 0.267 e. The third-order valence-electron chi connectivity index (χ3n) is 4.08. The van der Waals surface area contributed by atoms with Gasteiger partial charge in [-0.1, -0.05) is 11.6 Å². The molecule has 0 amide bonds. The van der Waals surface area contributed by atoms with Crippen LogP contribution in [0.25, 0.3) is 11.3 Å². The fraction of sp³-hybridized carbons (Fsp3) is 0.235. The molecule has 1 fully saturated rings. The van der Waals surface area contributed by atoms with Crippen LogP contribution in [-0.4, -0.2) is 44.0 Å². The normalized spacial score (nSPS) is 19.4. The van der Waals surface area contributed by atoms with E-state index in [1.165, 1.54) is 23.1 Å². The van der Waals surface area contributed by atoms with Gasteiger partial charge in [0.1, 0.15) is 6.04 Å². The van der Waals surface area contributed by atoms with Gasteiger partial charge in [0, 0.05) is 24.0 Å². The van der Waals surface area contributed by atoms with Gasteiger partial charge in [-0.25, -0.2) is 14.6 Å². The molecular weight excluding hydrogens is 356 g/mol. The number of nitrogens with zero attached hydrogens (tertiary/aromatic N) is 5. The Morgan fingerprint density at radius 1 is 1.15 bits per heavy atom. The fourth-order valence-corrected chi connectivity index (χ4v) is 2.90. The number of nitrogens with one attached hydrogen (secondary N) is 1. The van der Waals surface area contributed by atoms with Crippen LogP contribution in [0.15, 0.2) is 53.8 Å². The van der Waals surface area contributed by atoms with Gasteiger partial charge in [0.15, 0.2) is 0 Å². The van der Waals surface area contributed by atoms with Gasteiger partial charge in [-0.3, -0.25) is 9.78 Å². The van der Waals surface area contributed by atoms with Gasteiger partial charge in [-0.05, 0) is 18.2 Å². The van der Waals surface area contributed by atoms with E-state index in [-0.39, 0.29) is 17.6 Å². The average molecular weight is 371 g/mol. The summed E-state index contributed by atoms with van der Waals surface area (Å²) in [6, 6.07) is 6.45. The highest BCUT2D eigenvalue weighted by molar-refractivity contribution is 6.30. The maximum Gasteiger partial charge on any atom is 0.267 e. The minimum atomic E-state index is -0.279. The van der Waals surface area contributed by atoms with Crippen molar-refractivity contribution < 1.29 is 4.74 Å². The van der Waals surface area contributed by atoms with Crippen LogP contribution in [-0.2, 0) is 4.74 Å². The summed E-state index contributed by atoms with van der Waals surface area (Å²) in [6.45, 7) is 0.788. The van der Waals surface area contributed by atoms with Crippen LogP contribution in [0.5, 0.6) is 0 Å². The molecule has 3 aromatic heterocycles. The van der Waals surface area contributed by atoms with Gasteiger partial charge in [0.2, 0.25) is 5.95 Å². The topological polar surface area (TPSA) is 94.8 Å². The second-order valence-electron chi connectivity index (χ2n) is 5.82. The summed E-state index contributed by atoms with van der Waals surface area (Å²) in [6.07, 6.45) is 6.42. The van der Waals surface area contributed by atoms with E-state index in [1.54, 1.807) is 18.5 Å². The summed E-state index contributed by atoms with van der Waals surface area (Å²) in [5, 5.41) is 8.15. The van der Waals surface area contributed by atoms with Crippen molar-refractivity contribution >= 4 is 17.5 Å².